The highest BCUT2D eigenvalue weighted by atomic mass is 28.4. The Hall–Kier alpha value is -0.183. The molecule has 0 aromatic carbocycles. The molecule has 0 saturated carbocycles. The molecule has 0 spiro atoms. The minimum Gasteiger partial charge on any atom is -0.394 e. The Morgan fingerprint density at radius 2 is 1.03 bits per heavy atom. The van der Waals surface area contributed by atoms with Crippen LogP contribution in [0.4, 0.5) is 0 Å². The molecule has 0 aromatic heterocycles. The summed E-state index contributed by atoms with van der Waals surface area (Å²) in [4.78, 5) is 0. The number of hydrogen-bond acceptors (Lipinski definition) is 10. The molecule has 33 heavy (non-hydrogen) atoms. The van der Waals surface area contributed by atoms with Gasteiger partial charge in [0.15, 0.2) is 23.0 Å². The van der Waals surface area contributed by atoms with Crippen LogP contribution < -0.4 is 0 Å². The first-order valence-corrected chi connectivity index (χ1v) is 13.9. The van der Waals surface area contributed by atoms with Crippen molar-refractivity contribution in [1.82, 2.24) is 0 Å². The van der Waals surface area contributed by atoms with Gasteiger partial charge >= 0.3 is 8.56 Å². The molecular formula is C22H36O10Si. The van der Waals surface area contributed by atoms with Gasteiger partial charge in [-0.15, -0.1) is 0 Å². The van der Waals surface area contributed by atoms with Crippen molar-refractivity contribution >= 4 is 8.56 Å². The second-order valence-electron chi connectivity index (χ2n) is 9.93. The molecule has 8 atom stereocenters. The summed E-state index contributed by atoms with van der Waals surface area (Å²) >= 11 is 0. The van der Waals surface area contributed by atoms with Crippen LogP contribution in [0.1, 0.15) is 38.5 Å². The minimum absolute atomic E-state index is 0.0882. The molecule has 6 aliphatic rings. The summed E-state index contributed by atoms with van der Waals surface area (Å²) in [5.41, 5.74) is -1.36. The van der Waals surface area contributed by atoms with E-state index in [0.717, 1.165) is 25.7 Å². The van der Waals surface area contributed by atoms with Crippen LogP contribution in [0, 0.1) is 0 Å². The second-order valence-corrected chi connectivity index (χ2v) is 13.6. The Morgan fingerprint density at radius 3 is 1.21 bits per heavy atom. The highest BCUT2D eigenvalue weighted by Gasteiger charge is 2.91. The third-order valence-electron chi connectivity index (χ3n) is 9.21. The van der Waals surface area contributed by atoms with E-state index >= 15 is 0 Å². The average molecular weight is 489 g/mol. The van der Waals surface area contributed by atoms with E-state index in [-0.39, 0.29) is 24.8 Å². The predicted molar refractivity (Wildman–Crippen MR) is 114 cm³/mol. The smallest absolute Gasteiger partial charge is 0.394 e. The van der Waals surface area contributed by atoms with Crippen LogP contribution in [0.2, 0.25) is 0 Å². The first-order chi connectivity index (χ1) is 16.0. The summed E-state index contributed by atoms with van der Waals surface area (Å²) in [6.45, 7) is 2.71. The maximum absolute atomic E-state index is 6.70. The predicted octanol–water partition coefficient (Wildman–Crippen LogP) is 0.959. The van der Waals surface area contributed by atoms with Gasteiger partial charge in [0.05, 0.1) is 25.4 Å². The summed E-state index contributed by atoms with van der Waals surface area (Å²) < 4.78 is 62.7. The summed E-state index contributed by atoms with van der Waals surface area (Å²) in [7, 11) is 3.20. The first kappa shape index (κ1) is 23.2. The van der Waals surface area contributed by atoms with Crippen molar-refractivity contribution in [2.75, 3.05) is 54.9 Å². The van der Waals surface area contributed by atoms with Gasteiger partial charge in [0.1, 0.15) is 11.2 Å². The van der Waals surface area contributed by atoms with Gasteiger partial charge in [-0.05, 0) is 12.8 Å². The zero-order chi connectivity index (χ0) is 23.0. The largest absolute Gasteiger partial charge is 0.410 e. The van der Waals surface area contributed by atoms with E-state index in [1.54, 1.807) is 28.4 Å². The van der Waals surface area contributed by atoms with Gasteiger partial charge in [0.2, 0.25) is 0 Å². The Bertz CT molecular complexity index is 673. The van der Waals surface area contributed by atoms with Crippen LogP contribution in [-0.2, 0) is 46.7 Å². The molecule has 0 aliphatic carbocycles. The monoisotopic (exact) mass is 488 g/mol. The van der Waals surface area contributed by atoms with Crippen LogP contribution in [-0.4, -0.2) is 110 Å². The van der Waals surface area contributed by atoms with Gasteiger partial charge in [-0.25, -0.2) is 0 Å². The third kappa shape index (κ3) is 2.53. The van der Waals surface area contributed by atoms with E-state index in [9.17, 15) is 0 Å². The molecule has 8 unspecified atom stereocenters. The Morgan fingerprint density at radius 1 is 0.667 bits per heavy atom. The standard InChI is InChI=1S/C22H36O10Si/c1-23-17-13-21(31-17,19(7-11-29-19)15-5-9-27-15)33(25-3,26-4)22(14-18(24-2)32-22)20(8-12-30-20)16-6-10-28-16/h15-18H,5-14H2,1-4H3. The summed E-state index contributed by atoms with van der Waals surface area (Å²) in [6.07, 6.45) is 3.62. The average Bonchev–Trinajstić information content (AvgIpc) is 2.62. The maximum atomic E-state index is 6.70. The van der Waals surface area contributed by atoms with E-state index in [4.69, 9.17) is 46.7 Å². The van der Waals surface area contributed by atoms with Gasteiger partial charge in [-0.2, -0.15) is 0 Å². The normalized spacial score (nSPS) is 51.3. The molecule has 0 radical (unpaired) electrons. The lowest BCUT2D eigenvalue weighted by Crippen LogP contribution is -2.97. The van der Waals surface area contributed by atoms with E-state index in [0.29, 0.717) is 39.3 Å². The van der Waals surface area contributed by atoms with Gasteiger partial charge in [0, 0.05) is 67.3 Å². The molecule has 6 aliphatic heterocycles. The number of rotatable bonds is 10. The summed E-state index contributed by atoms with van der Waals surface area (Å²) in [5, 5.41) is -1.80. The van der Waals surface area contributed by atoms with Crippen molar-refractivity contribution in [2.45, 2.75) is 85.0 Å². The lowest BCUT2D eigenvalue weighted by atomic mass is 9.74. The molecule has 0 amide bonds. The minimum atomic E-state index is -3.51. The number of methoxy groups -OCH3 is 2. The number of hydrogen-bond donors (Lipinski definition) is 0. The second kappa shape index (κ2) is 7.91. The number of ether oxygens (including phenoxy) is 8. The van der Waals surface area contributed by atoms with Gasteiger partial charge < -0.3 is 46.7 Å². The van der Waals surface area contributed by atoms with Crippen LogP contribution in [0.15, 0.2) is 0 Å². The molecule has 6 saturated heterocycles. The molecule has 6 rings (SSSR count). The zero-order valence-electron chi connectivity index (χ0n) is 20.0. The van der Waals surface area contributed by atoms with Crippen molar-refractivity contribution in [3.05, 3.63) is 0 Å². The van der Waals surface area contributed by atoms with Gasteiger partial charge in [-0.3, -0.25) is 0 Å². The SMILES string of the molecule is COC1CC(C2(C3CCO3)CCO2)([Si](OC)(OC)C2(C3(C4CCO4)CCO3)CC(OC)O2)O1. The highest BCUT2D eigenvalue weighted by Crippen LogP contribution is 2.66. The van der Waals surface area contributed by atoms with Crippen molar-refractivity contribution < 1.29 is 46.7 Å². The quantitative estimate of drug-likeness (QED) is 0.414. The van der Waals surface area contributed by atoms with E-state index < -0.39 is 30.2 Å². The van der Waals surface area contributed by atoms with Crippen molar-refractivity contribution in [3.63, 3.8) is 0 Å². The fourth-order valence-corrected chi connectivity index (χ4v) is 12.7. The van der Waals surface area contributed by atoms with E-state index in [1.807, 2.05) is 0 Å². The maximum Gasteiger partial charge on any atom is 0.410 e. The molecule has 6 fully saturated rings. The highest BCUT2D eigenvalue weighted by molar-refractivity contribution is 6.74. The first-order valence-electron chi connectivity index (χ1n) is 12.1. The van der Waals surface area contributed by atoms with Crippen molar-refractivity contribution in [2.24, 2.45) is 0 Å². The summed E-state index contributed by atoms with van der Waals surface area (Å²) in [6, 6.07) is 0. The van der Waals surface area contributed by atoms with Crippen LogP contribution >= 0.6 is 0 Å². The van der Waals surface area contributed by atoms with E-state index in [2.05, 4.69) is 0 Å². The molecule has 6 heterocycles. The lowest BCUT2D eigenvalue weighted by molar-refractivity contribution is -0.419. The molecule has 10 nitrogen and oxygen atoms in total. The molecule has 11 heteroatoms. The Labute approximate surface area is 195 Å². The van der Waals surface area contributed by atoms with Gasteiger partial charge in [-0.1, -0.05) is 0 Å². The molecule has 188 valence electrons. The van der Waals surface area contributed by atoms with Crippen molar-refractivity contribution in [3.8, 4) is 0 Å². The Balaban J connectivity index is 1.50. The van der Waals surface area contributed by atoms with Crippen molar-refractivity contribution in [1.29, 1.82) is 0 Å². The van der Waals surface area contributed by atoms with Crippen LogP contribution in [0.3, 0.4) is 0 Å². The third-order valence-corrected chi connectivity index (χ3v) is 14.0. The van der Waals surface area contributed by atoms with E-state index in [1.165, 1.54) is 0 Å². The molecule has 0 bridgehead atoms. The molecule has 0 aromatic rings. The van der Waals surface area contributed by atoms with Crippen LogP contribution in [0.5, 0.6) is 0 Å². The Kier molecular flexibility index (Phi) is 5.57. The van der Waals surface area contributed by atoms with Crippen LogP contribution in [0.25, 0.3) is 0 Å². The topological polar surface area (TPSA) is 92.3 Å². The lowest BCUT2D eigenvalue weighted by Gasteiger charge is -2.74. The molecule has 0 N–H and O–H groups in total. The fraction of sp³-hybridized carbons (Fsp3) is 1.00. The fourth-order valence-electron chi connectivity index (χ4n) is 7.27. The summed E-state index contributed by atoms with van der Waals surface area (Å²) in [5.74, 6) is 0. The molecular weight excluding hydrogens is 452 g/mol. The zero-order valence-corrected chi connectivity index (χ0v) is 21.0. The van der Waals surface area contributed by atoms with Gasteiger partial charge in [0.25, 0.3) is 0 Å².